The highest BCUT2D eigenvalue weighted by molar-refractivity contribution is 7.91. The Balaban J connectivity index is 1.64. The van der Waals surface area contributed by atoms with Crippen molar-refractivity contribution in [2.45, 2.75) is 18.7 Å². The molecule has 1 aliphatic rings. The van der Waals surface area contributed by atoms with Crippen LogP contribution in [0.25, 0.3) is 10.2 Å². The molecule has 1 aliphatic heterocycles. The molecule has 0 radical (unpaired) electrons. The number of para-hydroxylation sites is 1. The summed E-state index contributed by atoms with van der Waals surface area (Å²) >= 11 is 1.54. The van der Waals surface area contributed by atoms with E-state index in [1.165, 1.54) is 23.3 Å². The Labute approximate surface area is 144 Å². The van der Waals surface area contributed by atoms with Crippen molar-refractivity contribution in [1.82, 2.24) is 15.2 Å². The maximum Gasteiger partial charge on any atom is 0.317 e. The average Bonchev–Trinajstić information content (AvgIpc) is 3.06. The van der Waals surface area contributed by atoms with Gasteiger partial charge in [0.2, 0.25) is 0 Å². The lowest BCUT2D eigenvalue weighted by Crippen LogP contribution is -2.48. The third kappa shape index (κ3) is 3.68. The van der Waals surface area contributed by atoms with Crippen LogP contribution in [0, 0.1) is 0 Å². The van der Waals surface area contributed by atoms with Gasteiger partial charge in [-0.05, 0) is 12.1 Å². The molecule has 2 atom stereocenters. The molecule has 1 aromatic heterocycles. The van der Waals surface area contributed by atoms with E-state index in [9.17, 15) is 13.2 Å². The Morgan fingerprint density at radius 2 is 2.17 bits per heavy atom. The molecule has 24 heavy (non-hydrogen) atoms. The van der Waals surface area contributed by atoms with Gasteiger partial charge in [0.25, 0.3) is 0 Å². The van der Waals surface area contributed by atoms with Crippen LogP contribution in [0.1, 0.15) is 5.01 Å². The third-order valence-corrected chi connectivity index (χ3v) is 6.69. The van der Waals surface area contributed by atoms with Crippen molar-refractivity contribution in [2.24, 2.45) is 0 Å². The lowest BCUT2D eigenvalue weighted by Gasteiger charge is -2.22. The number of urea groups is 1. The molecule has 0 saturated carbocycles. The number of amides is 2. The summed E-state index contributed by atoms with van der Waals surface area (Å²) in [7, 11) is -0.0596. The van der Waals surface area contributed by atoms with Crippen molar-refractivity contribution in [2.75, 3.05) is 25.7 Å². The van der Waals surface area contributed by atoms with Gasteiger partial charge >= 0.3 is 6.03 Å². The van der Waals surface area contributed by atoms with E-state index < -0.39 is 22.0 Å². The van der Waals surface area contributed by atoms with E-state index in [2.05, 4.69) is 10.3 Å². The Morgan fingerprint density at radius 3 is 2.88 bits per heavy atom. The first kappa shape index (κ1) is 17.1. The number of methoxy groups -OCH3 is 1. The molecule has 2 heterocycles. The number of carbonyl (C=O) groups is 1. The van der Waals surface area contributed by atoms with Crippen molar-refractivity contribution < 1.29 is 17.9 Å². The minimum absolute atomic E-state index is 0.0595. The molecule has 2 aromatic rings. The van der Waals surface area contributed by atoms with Gasteiger partial charge in [-0.3, -0.25) is 0 Å². The molecule has 130 valence electrons. The summed E-state index contributed by atoms with van der Waals surface area (Å²) in [5.41, 5.74) is 0.910. The fraction of sp³-hybridized carbons (Fsp3) is 0.467. The number of aromatic nitrogens is 1. The highest BCUT2D eigenvalue weighted by Crippen LogP contribution is 2.22. The number of carbonyl (C=O) groups excluding carboxylic acids is 1. The molecule has 7 nitrogen and oxygen atoms in total. The second-order valence-electron chi connectivity index (χ2n) is 5.84. The number of nitrogens with zero attached hydrogens (tertiary/aromatic N) is 2. The van der Waals surface area contributed by atoms with Crippen molar-refractivity contribution in [3.05, 3.63) is 29.3 Å². The first-order valence-electron chi connectivity index (χ1n) is 7.47. The van der Waals surface area contributed by atoms with E-state index in [-0.39, 0.29) is 17.5 Å². The quantitative estimate of drug-likeness (QED) is 0.876. The van der Waals surface area contributed by atoms with Crippen LogP contribution < -0.4 is 5.32 Å². The van der Waals surface area contributed by atoms with Gasteiger partial charge in [0.05, 0.1) is 40.4 Å². The number of sulfone groups is 1. The normalized spacial score (nSPS) is 22.6. The van der Waals surface area contributed by atoms with Gasteiger partial charge in [0.1, 0.15) is 5.01 Å². The molecule has 9 heteroatoms. The molecule has 0 unspecified atom stereocenters. The maximum absolute atomic E-state index is 12.3. The molecule has 1 saturated heterocycles. The van der Waals surface area contributed by atoms with Gasteiger partial charge in [0, 0.05) is 14.2 Å². The third-order valence-electron chi connectivity index (χ3n) is 3.97. The Morgan fingerprint density at radius 1 is 1.42 bits per heavy atom. The van der Waals surface area contributed by atoms with Crippen molar-refractivity contribution in [3.63, 3.8) is 0 Å². The van der Waals surface area contributed by atoms with E-state index in [1.807, 2.05) is 24.3 Å². The minimum atomic E-state index is -3.17. The fourth-order valence-electron chi connectivity index (χ4n) is 2.71. The monoisotopic (exact) mass is 369 g/mol. The topological polar surface area (TPSA) is 88.6 Å². The summed E-state index contributed by atoms with van der Waals surface area (Å²) in [6.45, 7) is 0.363. The number of fused-ring (bicyclic) bond motifs is 1. The van der Waals surface area contributed by atoms with Crippen LogP contribution in [0.15, 0.2) is 24.3 Å². The number of hydrogen-bond acceptors (Lipinski definition) is 6. The van der Waals surface area contributed by atoms with Crippen LogP contribution in [0.2, 0.25) is 0 Å². The lowest BCUT2D eigenvalue weighted by molar-refractivity contribution is 0.0984. The zero-order valence-electron chi connectivity index (χ0n) is 13.4. The number of ether oxygens (including phenoxy) is 1. The van der Waals surface area contributed by atoms with Gasteiger partial charge < -0.3 is 15.0 Å². The van der Waals surface area contributed by atoms with Crippen LogP contribution >= 0.6 is 11.3 Å². The minimum Gasteiger partial charge on any atom is -0.378 e. The summed E-state index contributed by atoms with van der Waals surface area (Å²) in [6.07, 6.45) is -0.505. The van der Waals surface area contributed by atoms with Gasteiger partial charge in [-0.1, -0.05) is 12.1 Å². The summed E-state index contributed by atoms with van der Waals surface area (Å²) < 4.78 is 29.6. The number of rotatable bonds is 4. The van der Waals surface area contributed by atoms with Gasteiger partial charge in [-0.15, -0.1) is 11.3 Å². The summed E-state index contributed by atoms with van der Waals surface area (Å²) in [4.78, 5) is 18.3. The van der Waals surface area contributed by atoms with Crippen LogP contribution in [-0.2, 0) is 21.1 Å². The first-order valence-corrected chi connectivity index (χ1v) is 10.1. The van der Waals surface area contributed by atoms with E-state index in [0.717, 1.165) is 15.2 Å². The summed E-state index contributed by atoms with van der Waals surface area (Å²) in [5.74, 6) is -0.151. The molecule has 2 amide bonds. The number of nitrogens with one attached hydrogen (secondary N) is 1. The van der Waals surface area contributed by atoms with Crippen molar-refractivity contribution in [1.29, 1.82) is 0 Å². The standard InChI is InChI=1S/C15H19N3O4S2/c1-18(7-14-16-10-5-3-4-6-13(10)23-14)15(19)17-11-8-24(20,21)9-12(11)22-2/h3-6,11-12H,7-9H2,1-2H3,(H,17,19)/t11-,12-/m1/s1. The Bertz CT molecular complexity index is 816. The molecule has 0 bridgehead atoms. The highest BCUT2D eigenvalue weighted by atomic mass is 32.2. The van der Waals surface area contributed by atoms with Crippen molar-refractivity contribution in [3.8, 4) is 0 Å². The predicted octanol–water partition coefficient (Wildman–Crippen LogP) is 1.25. The predicted molar refractivity (Wildman–Crippen MR) is 92.9 cm³/mol. The second kappa shape index (κ2) is 6.66. The average molecular weight is 369 g/mol. The number of thiazole rings is 1. The number of hydrogen-bond donors (Lipinski definition) is 1. The number of benzene rings is 1. The largest absolute Gasteiger partial charge is 0.378 e. The van der Waals surface area contributed by atoms with Crippen molar-refractivity contribution >= 4 is 37.4 Å². The molecule has 3 rings (SSSR count). The molecule has 1 N–H and O–H groups in total. The zero-order valence-corrected chi connectivity index (χ0v) is 15.1. The Kier molecular flexibility index (Phi) is 4.75. The van der Waals surface area contributed by atoms with E-state index in [0.29, 0.717) is 6.54 Å². The van der Waals surface area contributed by atoms with Crippen LogP contribution in [0.5, 0.6) is 0 Å². The summed E-state index contributed by atoms with van der Waals surface area (Å²) in [5, 5.41) is 3.58. The zero-order chi connectivity index (χ0) is 17.3. The molecule has 0 spiro atoms. The maximum atomic E-state index is 12.3. The van der Waals surface area contributed by atoms with Gasteiger partial charge in [-0.2, -0.15) is 0 Å². The van der Waals surface area contributed by atoms with E-state index in [1.54, 1.807) is 7.05 Å². The highest BCUT2D eigenvalue weighted by Gasteiger charge is 2.39. The Hall–Kier alpha value is -1.71. The molecular weight excluding hydrogens is 350 g/mol. The first-order chi connectivity index (χ1) is 11.4. The van der Waals surface area contributed by atoms with Gasteiger partial charge in [-0.25, -0.2) is 18.2 Å². The van der Waals surface area contributed by atoms with E-state index in [4.69, 9.17) is 4.74 Å². The summed E-state index contributed by atoms with van der Waals surface area (Å²) in [6, 6.07) is 6.94. The van der Waals surface area contributed by atoms with Crippen LogP contribution in [0.3, 0.4) is 0 Å². The van der Waals surface area contributed by atoms with E-state index >= 15 is 0 Å². The fourth-order valence-corrected chi connectivity index (χ4v) is 5.58. The molecule has 1 aromatic carbocycles. The SMILES string of the molecule is CO[C@@H]1CS(=O)(=O)C[C@H]1NC(=O)N(C)Cc1nc2ccccc2s1. The van der Waals surface area contributed by atoms with Crippen LogP contribution in [0.4, 0.5) is 4.79 Å². The second-order valence-corrected chi connectivity index (χ2v) is 9.11. The van der Waals surface area contributed by atoms with Gasteiger partial charge in [0.15, 0.2) is 9.84 Å². The molecule has 0 aliphatic carbocycles. The smallest absolute Gasteiger partial charge is 0.317 e. The molecular formula is C15H19N3O4S2. The lowest BCUT2D eigenvalue weighted by atomic mass is 10.2. The van der Waals surface area contributed by atoms with Crippen LogP contribution in [-0.4, -0.2) is 62.1 Å². The molecule has 1 fully saturated rings.